The predicted molar refractivity (Wildman–Crippen MR) is 58.0 cm³/mol. The molecule has 0 heterocycles. The van der Waals surface area contributed by atoms with Crippen LogP contribution >= 0.6 is 12.6 Å². The van der Waals surface area contributed by atoms with Crippen molar-refractivity contribution < 1.29 is 14.9 Å². The SMILES string of the molecule is CCCC(S)(C#N)[Si]=C(O)C(O)OC. The first-order valence-electron chi connectivity index (χ1n) is 4.17. The Labute approximate surface area is 91.4 Å². The first kappa shape index (κ1) is 13.6. The van der Waals surface area contributed by atoms with E-state index < -0.39 is 10.7 Å². The predicted octanol–water partition coefficient (Wildman–Crippen LogP) is 0.108. The Balaban J connectivity index is 4.66. The zero-order valence-corrected chi connectivity index (χ0v) is 10.1. The van der Waals surface area contributed by atoms with E-state index in [4.69, 9.17) is 10.4 Å². The van der Waals surface area contributed by atoms with E-state index >= 15 is 0 Å². The molecule has 0 saturated heterocycles. The number of methoxy groups -OCH3 is 1. The molecule has 0 saturated carbocycles. The Bertz CT molecular complexity index is 253. The third kappa shape index (κ3) is 4.24. The fourth-order valence-corrected chi connectivity index (χ4v) is 2.56. The van der Waals surface area contributed by atoms with Gasteiger partial charge in [0.15, 0.2) is 0 Å². The molecule has 0 fully saturated rings. The van der Waals surface area contributed by atoms with Gasteiger partial charge in [-0.1, -0.05) is 13.3 Å². The van der Waals surface area contributed by atoms with Gasteiger partial charge in [0.2, 0.25) is 6.29 Å². The van der Waals surface area contributed by atoms with E-state index in [1.807, 2.05) is 13.0 Å². The van der Waals surface area contributed by atoms with Gasteiger partial charge in [-0.05, 0) is 6.42 Å². The maximum atomic E-state index is 9.37. The summed E-state index contributed by atoms with van der Waals surface area (Å²) in [6.07, 6.45) is 0.0245. The topological polar surface area (TPSA) is 73.5 Å². The van der Waals surface area contributed by atoms with Crippen molar-refractivity contribution in [3.05, 3.63) is 0 Å². The molecule has 0 rings (SSSR count). The number of aliphatic hydroxyl groups excluding tert-OH is 2. The van der Waals surface area contributed by atoms with Gasteiger partial charge >= 0.3 is 0 Å². The summed E-state index contributed by atoms with van der Waals surface area (Å²) < 4.78 is 3.61. The van der Waals surface area contributed by atoms with Crippen molar-refractivity contribution in [2.75, 3.05) is 7.11 Å². The molecule has 14 heavy (non-hydrogen) atoms. The van der Waals surface area contributed by atoms with Crippen LogP contribution in [-0.4, -0.2) is 42.5 Å². The molecule has 2 N–H and O–H groups in total. The number of hydrogen-bond acceptors (Lipinski definition) is 5. The van der Waals surface area contributed by atoms with E-state index in [2.05, 4.69) is 17.4 Å². The Morgan fingerprint density at radius 2 is 2.36 bits per heavy atom. The lowest BCUT2D eigenvalue weighted by atomic mass is 10.2. The van der Waals surface area contributed by atoms with Gasteiger partial charge in [-0.3, -0.25) is 0 Å². The van der Waals surface area contributed by atoms with E-state index in [0.29, 0.717) is 6.42 Å². The van der Waals surface area contributed by atoms with Crippen LogP contribution in [0, 0.1) is 11.3 Å². The minimum Gasteiger partial charge on any atom is -0.513 e. The molecule has 79 valence electrons. The normalized spacial score (nSPS) is 18.4. The Hall–Kier alpha value is -0.353. The zero-order chi connectivity index (χ0) is 11.2. The van der Waals surface area contributed by atoms with Crippen molar-refractivity contribution in [2.24, 2.45) is 0 Å². The third-order valence-corrected chi connectivity index (χ3v) is 3.53. The number of ether oxygens (including phenoxy) is 1. The van der Waals surface area contributed by atoms with Gasteiger partial charge in [-0.25, -0.2) is 0 Å². The van der Waals surface area contributed by atoms with Crippen LogP contribution < -0.4 is 0 Å². The van der Waals surface area contributed by atoms with Crippen LogP contribution in [0.2, 0.25) is 0 Å². The molecule has 0 bridgehead atoms. The maximum absolute atomic E-state index is 9.37. The number of nitriles is 1. The van der Waals surface area contributed by atoms with Gasteiger partial charge in [0.1, 0.15) is 18.9 Å². The summed E-state index contributed by atoms with van der Waals surface area (Å²) in [5.74, 6) is 0. The molecule has 0 aliphatic carbocycles. The van der Waals surface area contributed by atoms with Crippen LogP contribution in [-0.2, 0) is 4.74 Å². The van der Waals surface area contributed by atoms with Crippen molar-refractivity contribution in [3.63, 3.8) is 0 Å². The highest BCUT2D eigenvalue weighted by Gasteiger charge is 2.24. The minimum atomic E-state index is -1.33. The van der Waals surface area contributed by atoms with E-state index in [-0.39, 0.29) is 14.5 Å². The molecule has 0 aliphatic rings. The smallest absolute Gasteiger partial charge is 0.208 e. The lowest BCUT2D eigenvalue weighted by molar-refractivity contribution is -0.0290. The fraction of sp³-hybridized carbons (Fsp3) is 0.750. The lowest BCUT2D eigenvalue weighted by Crippen LogP contribution is -2.34. The van der Waals surface area contributed by atoms with Crippen LogP contribution in [0.25, 0.3) is 0 Å². The van der Waals surface area contributed by atoms with Crippen LogP contribution in [0.5, 0.6) is 0 Å². The van der Waals surface area contributed by atoms with Gasteiger partial charge in [-0.2, -0.15) is 17.9 Å². The third-order valence-electron chi connectivity index (χ3n) is 1.59. The second kappa shape index (κ2) is 6.19. The van der Waals surface area contributed by atoms with Crippen molar-refractivity contribution in [2.45, 2.75) is 30.4 Å². The number of thiol groups is 1. The maximum Gasteiger partial charge on any atom is 0.208 e. The van der Waals surface area contributed by atoms with Gasteiger partial charge < -0.3 is 14.9 Å². The lowest BCUT2D eigenvalue weighted by Gasteiger charge is -2.16. The molecule has 0 aromatic carbocycles. The van der Waals surface area contributed by atoms with E-state index in [1.54, 1.807) is 0 Å². The summed E-state index contributed by atoms with van der Waals surface area (Å²) in [5, 5.41) is 27.1. The average molecular weight is 232 g/mol. The Kier molecular flexibility index (Phi) is 6.03. The van der Waals surface area contributed by atoms with E-state index in [9.17, 15) is 5.11 Å². The Morgan fingerprint density at radius 1 is 1.79 bits per heavy atom. The molecule has 0 aromatic rings. The van der Waals surface area contributed by atoms with Gasteiger partial charge in [0, 0.05) is 7.11 Å². The highest BCUT2D eigenvalue weighted by atomic mass is 32.1. The number of nitrogens with zero attached hydrogens (tertiary/aromatic N) is 1. The van der Waals surface area contributed by atoms with Crippen molar-refractivity contribution in [1.29, 1.82) is 5.26 Å². The molecule has 1 radical (unpaired) electrons. The summed E-state index contributed by atoms with van der Waals surface area (Å²) in [5.41, 5.74) is 0. The number of aliphatic hydroxyl groups is 2. The molecular weight excluding hydrogens is 218 g/mol. The summed E-state index contributed by atoms with van der Waals surface area (Å²) >= 11 is 4.18. The van der Waals surface area contributed by atoms with Crippen LogP contribution in [0.4, 0.5) is 0 Å². The summed E-state index contributed by atoms with van der Waals surface area (Å²) in [4.78, 5) is 0. The zero-order valence-electron chi connectivity index (χ0n) is 8.19. The number of hydrogen-bond donors (Lipinski definition) is 3. The minimum absolute atomic E-state index is 0.238. The molecule has 2 atom stereocenters. The first-order valence-corrected chi connectivity index (χ1v) is 5.62. The summed E-state index contributed by atoms with van der Waals surface area (Å²) in [6.45, 7) is 1.93. The second-order valence-electron chi connectivity index (χ2n) is 2.82. The Morgan fingerprint density at radius 3 is 2.71 bits per heavy atom. The molecule has 2 unspecified atom stereocenters. The van der Waals surface area contributed by atoms with Gasteiger partial charge in [-0.15, -0.1) is 0 Å². The summed E-state index contributed by atoms with van der Waals surface area (Å²) in [6, 6.07) is 2.02. The van der Waals surface area contributed by atoms with Crippen molar-refractivity contribution in [3.8, 4) is 6.07 Å². The largest absolute Gasteiger partial charge is 0.513 e. The monoisotopic (exact) mass is 232 g/mol. The van der Waals surface area contributed by atoms with Gasteiger partial charge in [0.05, 0.1) is 6.07 Å². The molecule has 0 aliphatic heterocycles. The van der Waals surface area contributed by atoms with Crippen molar-refractivity contribution >= 4 is 27.1 Å². The fourth-order valence-electron chi connectivity index (χ4n) is 0.893. The number of rotatable bonds is 5. The highest BCUT2D eigenvalue weighted by molar-refractivity contribution is 7.83. The van der Waals surface area contributed by atoms with Crippen LogP contribution in [0.15, 0.2) is 0 Å². The second-order valence-corrected chi connectivity index (χ2v) is 5.62. The summed E-state index contributed by atoms with van der Waals surface area (Å²) in [7, 11) is 1.02. The molecule has 0 aromatic heterocycles. The average Bonchev–Trinajstić information content (AvgIpc) is 2.16. The van der Waals surface area contributed by atoms with E-state index in [0.717, 1.165) is 6.42 Å². The van der Waals surface area contributed by atoms with Crippen molar-refractivity contribution in [1.82, 2.24) is 0 Å². The molecule has 0 spiro atoms. The van der Waals surface area contributed by atoms with Crippen LogP contribution in [0.3, 0.4) is 0 Å². The molecular formula is C8H14NO3SSi. The molecule has 0 amide bonds. The quantitative estimate of drug-likeness (QED) is 0.357. The first-order chi connectivity index (χ1) is 6.49. The molecule has 4 nitrogen and oxygen atoms in total. The standard InChI is InChI=1S/C8H14NO3SSi/c1-3-4-8(13,5-9)14-7(11)6(10)12-2/h6,10-11,13H,3-4H2,1-2H3. The molecule has 6 heteroatoms. The van der Waals surface area contributed by atoms with Gasteiger partial charge in [0.25, 0.3) is 0 Å². The van der Waals surface area contributed by atoms with Crippen LogP contribution in [0.1, 0.15) is 19.8 Å². The highest BCUT2D eigenvalue weighted by Crippen LogP contribution is 2.16. The van der Waals surface area contributed by atoms with E-state index in [1.165, 1.54) is 7.11 Å².